The van der Waals surface area contributed by atoms with Crippen LogP contribution in [0.2, 0.25) is 0 Å². The predicted molar refractivity (Wildman–Crippen MR) is 138 cm³/mol. The molecule has 0 aliphatic rings. The maximum atomic E-state index is 13.0. The van der Waals surface area contributed by atoms with E-state index < -0.39 is 0 Å². The molecule has 36 heavy (non-hydrogen) atoms. The topological polar surface area (TPSA) is 72.7 Å². The molecule has 6 nitrogen and oxygen atoms in total. The van der Waals surface area contributed by atoms with Gasteiger partial charge >= 0.3 is 0 Å². The molecule has 0 radical (unpaired) electrons. The Labute approximate surface area is 212 Å². The second-order valence-electron chi connectivity index (χ2n) is 8.27. The molecule has 2 amide bonds. The molecule has 4 aromatic rings. The highest BCUT2D eigenvalue weighted by Crippen LogP contribution is 2.16. The molecular formula is C28H26FN3O3S. The number of benzene rings is 3. The fourth-order valence-electron chi connectivity index (χ4n) is 3.61. The maximum absolute atomic E-state index is 13.0. The van der Waals surface area contributed by atoms with E-state index in [0.29, 0.717) is 34.8 Å². The van der Waals surface area contributed by atoms with Crippen molar-refractivity contribution in [1.29, 1.82) is 0 Å². The zero-order valence-corrected chi connectivity index (χ0v) is 21.1. The van der Waals surface area contributed by atoms with Crippen molar-refractivity contribution in [3.05, 3.63) is 116 Å². The van der Waals surface area contributed by atoms with Crippen LogP contribution in [-0.4, -0.2) is 23.5 Å². The van der Waals surface area contributed by atoms with Gasteiger partial charge in [-0.1, -0.05) is 30.3 Å². The van der Waals surface area contributed by atoms with Crippen LogP contribution in [0.5, 0.6) is 5.75 Å². The van der Waals surface area contributed by atoms with Crippen LogP contribution in [0.25, 0.3) is 0 Å². The molecule has 4 rings (SSSR count). The SMILES string of the molecule is COc1cccc(C(=O)N=c2sc(C)c(C)n2Cc2ccc(C(=O)NCc3ccc(F)cc3)cc2)c1. The summed E-state index contributed by atoms with van der Waals surface area (Å²) in [4.78, 5) is 31.4. The van der Waals surface area contributed by atoms with E-state index in [1.54, 1.807) is 55.6 Å². The van der Waals surface area contributed by atoms with E-state index >= 15 is 0 Å². The van der Waals surface area contributed by atoms with Gasteiger partial charge in [0.25, 0.3) is 11.8 Å². The Morgan fingerprint density at radius 3 is 2.36 bits per heavy atom. The van der Waals surface area contributed by atoms with Gasteiger partial charge in [0.15, 0.2) is 4.80 Å². The molecule has 184 valence electrons. The van der Waals surface area contributed by atoms with Crippen molar-refractivity contribution in [2.75, 3.05) is 7.11 Å². The van der Waals surface area contributed by atoms with E-state index in [-0.39, 0.29) is 17.6 Å². The molecule has 0 saturated carbocycles. The average molecular weight is 504 g/mol. The van der Waals surface area contributed by atoms with Crippen LogP contribution in [0.3, 0.4) is 0 Å². The number of thiazole rings is 1. The van der Waals surface area contributed by atoms with Crippen molar-refractivity contribution in [2.45, 2.75) is 26.9 Å². The molecular weight excluding hydrogens is 477 g/mol. The normalized spacial score (nSPS) is 11.4. The van der Waals surface area contributed by atoms with Crippen molar-refractivity contribution < 1.29 is 18.7 Å². The molecule has 0 bridgehead atoms. The maximum Gasteiger partial charge on any atom is 0.279 e. The molecule has 0 atom stereocenters. The summed E-state index contributed by atoms with van der Waals surface area (Å²) in [6, 6.07) is 20.3. The fraction of sp³-hybridized carbons (Fsp3) is 0.179. The van der Waals surface area contributed by atoms with Crippen LogP contribution in [0.15, 0.2) is 77.8 Å². The predicted octanol–water partition coefficient (Wildman–Crippen LogP) is 5.03. The first-order valence-electron chi connectivity index (χ1n) is 11.4. The molecule has 3 aromatic carbocycles. The number of hydrogen-bond donors (Lipinski definition) is 1. The number of hydrogen-bond acceptors (Lipinski definition) is 4. The van der Waals surface area contributed by atoms with Crippen molar-refractivity contribution in [1.82, 2.24) is 9.88 Å². The average Bonchev–Trinajstić information content (AvgIpc) is 3.15. The van der Waals surface area contributed by atoms with Crippen molar-refractivity contribution in [2.24, 2.45) is 4.99 Å². The van der Waals surface area contributed by atoms with Gasteiger partial charge in [-0.3, -0.25) is 9.59 Å². The highest BCUT2D eigenvalue weighted by Gasteiger charge is 2.12. The van der Waals surface area contributed by atoms with Crippen LogP contribution >= 0.6 is 11.3 Å². The van der Waals surface area contributed by atoms with Gasteiger partial charge in [0.1, 0.15) is 11.6 Å². The second kappa shape index (κ2) is 11.1. The highest BCUT2D eigenvalue weighted by molar-refractivity contribution is 7.09. The van der Waals surface area contributed by atoms with Gasteiger partial charge in [0.05, 0.1) is 13.7 Å². The molecule has 0 aliphatic heterocycles. The number of carbonyl (C=O) groups excluding carboxylic acids is 2. The van der Waals surface area contributed by atoms with Gasteiger partial charge < -0.3 is 14.6 Å². The Kier molecular flexibility index (Phi) is 7.75. The van der Waals surface area contributed by atoms with Crippen LogP contribution in [0.4, 0.5) is 4.39 Å². The first kappa shape index (κ1) is 25.1. The van der Waals surface area contributed by atoms with Gasteiger partial charge in [-0.2, -0.15) is 4.99 Å². The minimum atomic E-state index is -0.336. The zero-order valence-electron chi connectivity index (χ0n) is 20.2. The summed E-state index contributed by atoms with van der Waals surface area (Å²) >= 11 is 1.46. The molecule has 8 heteroatoms. The van der Waals surface area contributed by atoms with Crippen LogP contribution in [0, 0.1) is 19.7 Å². The lowest BCUT2D eigenvalue weighted by molar-refractivity contribution is 0.0949. The Hall–Kier alpha value is -4.04. The quantitative estimate of drug-likeness (QED) is 0.384. The number of nitrogens with one attached hydrogen (secondary N) is 1. The zero-order chi connectivity index (χ0) is 25.7. The second-order valence-corrected chi connectivity index (χ2v) is 9.45. The van der Waals surface area contributed by atoms with Gasteiger partial charge in [-0.25, -0.2) is 4.39 Å². The van der Waals surface area contributed by atoms with E-state index in [0.717, 1.165) is 21.7 Å². The van der Waals surface area contributed by atoms with Crippen molar-refractivity contribution in [3.8, 4) is 5.75 Å². The van der Waals surface area contributed by atoms with E-state index in [9.17, 15) is 14.0 Å². The molecule has 1 heterocycles. The van der Waals surface area contributed by atoms with Crippen LogP contribution in [0.1, 0.15) is 42.4 Å². The smallest absolute Gasteiger partial charge is 0.279 e. The Morgan fingerprint density at radius 2 is 1.67 bits per heavy atom. The summed E-state index contributed by atoms with van der Waals surface area (Å²) in [5.41, 5.74) is 3.81. The van der Waals surface area contributed by atoms with Gasteiger partial charge in [-0.05, 0) is 67.4 Å². The standard InChI is InChI=1S/C28H26FN3O3S/c1-18-19(2)36-28(31-27(34)23-5-4-6-25(15-23)35-3)32(18)17-21-7-11-22(12-8-21)26(33)30-16-20-9-13-24(29)14-10-20/h4-15H,16-17H2,1-3H3,(H,30,33). The lowest BCUT2D eigenvalue weighted by Crippen LogP contribution is -2.23. The third-order valence-electron chi connectivity index (χ3n) is 5.83. The summed E-state index contributed by atoms with van der Waals surface area (Å²) in [6.45, 7) is 4.83. The highest BCUT2D eigenvalue weighted by atomic mass is 32.1. The molecule has 0 aliphatic carbocycles. The minimum absolute atomic E-state index is 0.208. The van der Waals surface area contributed by atoms with Crippen molar-refractivity contribution >= 4 is 23.2 Å². The number of nitrogens with zero attached hydrogens (tertiary/aromatic N) is 2. The third-order valence-corrected chi connectivity index (χ3v) is 6.92. The Morgan fingerprint density at radius 1 is 0.972 bits per heavy atom. The molecule has 0 fully saturated rings. The number of amides is 2. The molecule has 1 aromatic heterocycles. The molecule has 0 spiro atoms. The number of ether oxygens (including phenoxy) is 1. The van der Waals surface area contributed by atoms with Gasteiger partial charge in [0, 0.05) is 28.2 Å². The van der Waals surface area contributed by atoms with E-state index in [1.807, 2.05) is 30.5 Å². The lowest BCUT2D eigenvalue weighted by Gasteiger charge is -2.09. The number of aryl methyl sites for hydroxylation is 1. The van der Waals surface area contributed by atoms with Crippen LogP contribution < -0.4 is 14.9 Å². The summed E-state index contributed by atoms with van der Waals surface area (Å²) in [5, 5.41) is 2.84. The van der Waals surface area contributed by atoms with Crippen molar-refractivity contribution in [3.63, 3.8) is 0 Å². The Balaban J connectivity index is 1.49. The summed E-state index contributed by atoms with van der Waals surface area (Å²) in [5.74, 6) is -0.253. The number of halogens is 1. The number of aromatic nitrogens is 1. The largest absolute Gasteiger partial charge is 0.497 e. The molecule has 1 N–H and O–H groups in total. The summed E-state index contributed by atoms with van der Waals surface area (Å²) in [7, 11) is 1.56. The number of rotatable bonds is 7. The Bertz CT molecular complexity index is 1450. The van der Waals surface area contributed by atoms with Crippen LogP contribution in [-0.2, 0) is 13.1 Å². The molecule has 0 unspecified atom stereocenters. The van der Waals surface area contributed by atoms with Gasteiger partial charge in [0.2, 0.25) is 0 Å². The summed E-state index contributed by atoms with van der Waals surface area (Å²) in [6.07, 6.45) is 0. The fourth-order valence-corrected chi connectivity index (χ4v) is 4.58. The molecule has 0 saturated heterocycles. The van der Waals surface area contributed by atoms with E-state index in [1.165, 1.54) is 23.5 Å². The number of methoxy groups -OCH3 is 1. The van der Waals surface area contributed by atoms with Gasteiger partial charge in [-0.15, -0.1) is 11.3 Å². The lowest BCUT2D eigenvalue weighted by atomic mass is 10.1. The third kappa shape index (κ3) is 5.95. The minimum Gasteiger partial charge on any atom is -0.497 e. The first-order chi connectivity index (χ1) is 17.3. The first-order valence-corrected chi connectivity index (χ1v) is 12.2. The summed E-state index contributed by atoms with van der Waals surface area (Å²) < 4.78 is 20.3. The number of carbonyl (C=O) groups is 2. The van der Waals surface area contributed by atoms with E-state index in [2.05, 4.69) is 10.3 Å². The monoisotopic (exact) mass is 503 g/mol. The van der Waals surface area contributed by atoms with E-state index in [4.69, 9.17) is 4.74 Å².